The molecule has 20 heavy (non-hydrogen) atoms. The van der Waals surface area contributed by atoms with Crippen LogP contribution in [0.5, 0.6) is 5.75 Å². The standard InChI is InChI=1S/C12H8ClF3N2OS/c1-19-7-3-2-4-8(5-7)20-10-6-9(12(14,15)16)17-11(13)18-10/h2-6H,1H3. The van der Waals surface area contributed by atoms with Gasteiger partial charge in [-0.15, -0.1) is 0 Å². The van der Waals surface area contributed by atoms with Crippen LogP contribution in [-0.2, 0) is 6.18 Å². The monoisotopic (exact) mass is 320 g/mol. The highest BCUT2D eigenvalue weighted by Crippen LogP contribution is 2.34. The van der Waals surface area contributed by atoms with Gasteiger partial charge < -0.3 is 4.74 Å². The molecule has 0 saturated heterocycles. The number of halogens is 4. The molecule has 8 heteroatoms. The van der Waals surface area contributed by atoms with Crippen LogP contribution in [-0.4, -0.2) is 17.1 Å². The fourth-order valence-electron chi connectivity index (χ4n) is 1.38. The SMILES string of the molecule is COc1cccc(Sc2cc(C(F)(F)F)nc(Cl)n2)c1. The lowest BCUT2D eigenvalue weighted by Gasteiger charge is -2.08. The van der Waals surface area contributed by atoms with Crippen molar-refractivity contribution in [3.63, 3.8) is 0 Å². The molecule has 0 saturated carbocycles. The molecular weight excluding hydrogens is 313 g/mol. The zero-order valence-electron chi connectivity index (χ0n) is 10.1. The van der Waals surface area contributed by atoms with Gasteiger partial charge in [0.25, 0.3) is 0 Å². The van der Waals surface area contributed by atoms with E-state index in [1.165, 1.54) is 7.11 Å². The zero-order valence-corrected chi connectivity index (χ0v) is 11.7. The number of ether oxygens (including phenoxy) is 1. The average Bonchev–Trinajstić information content (AvgIpc) is 2.37. The lowest BCUT2D eigenvalue weighted by Crippen LogP contribution is -2.09. The second-order valence-electron chi connectivity index (χ2n) is 3.64. The summed E-state index contributed by atoms with van der Waals surface area (Å²) in [4.78, 5) is 7.63. The Kier molecular flexibility index (Phi) is 4.39. The average molecular weight is 321 g/mol. The summed E-state index contributed by atoms with van der Waals surface area (Å²) in [5, 5.41) is -0.323. The maximum atomic E-state index is 12.6. The summed E-state index contributed by atoms with van der Waals surface area (Å²) < 4.78 is 42.9. The number of alkyl halides is 3. The van der Waals surface area contributed by atoms with Crippen molar-refractivity contribution in [1.29, 1.82) is 0 Å². The molecule has 0 aliphatic carbocycles. The summed E-state index contributed by atoms with van der Waals surface area (Å²) in [6.45, 7) is 0. The number of aromatic nitrogens is 2. The fourth-order valence-corrected chi connectivity index (χ4v) is 2.48. The smallest absolute Gasteiger partial charge is 0.433 e. The summed E-state index contributed by atoms with van der Waals surface area (Å²) in [5.41, 5.74) is -1.07. The molecule has 1 aromatic carbocycles. The number of hydrogen-bond donors (Lipinski definition) is 0. The van der Waals surface area contributed by atoms with Crippen molar-refractivity contribution in [3.05, 3.63) is 41.3 Å². The maximum Gasteiger partial charge on any atom is 0.433 e. The number of rotatable bonds is 3. The number of benzene rings is 1. The molecule has 0 amide bonds. The molecule has 1 heterocycles. The normalized spacial score (nSPS) is 11.4. The van der Waals surface area contributed by atoms with E-state index in [9.17, 15) is 13.2 Å². The Morgan fingerprint density at radius 2 is 1.95 bits per heavy atom. The highest BCUT2D eigenvalue weighted by atomic mass is 35.5. The molecule has 0 spiro atoms. The van der Waals surface area contributed by atoms with Gasteiger partial charge in [0.1, 0.15) is 10.8 Å². The predicted molar refractivity (Wildman–Crippen MR) is 69.2 cm³/mol. The maximum absolute atomic E-state index is 12.6. The van der Waals surface area contributed by atoms with E-state index in [1.54, 1.807) is 24.3 Å². The molecule has 0 atom stereocenters. The predicted octanol–water partition coefficient (Wildman–Crippen LogP) is 4.31. The molecule has 2 aromatic rings. The van der Waals surface area contributed by atoms with E-state index in [-0.39, 0.29) is 5.03 Å². The number of methoxy groups -OCH3 is 1. The lowest BCUT2D eigenvalue weighted by atomic mass is 10.3. The number of hydrogen-bond acceptors (Lipinski definition) is 4. The van der Waals surface area contributed by atoms with Crippen molar-refractivity contribution in [1.82, 2.24) is 9.97 Å². The van der Waals surface area contributed by atoms with E-state index < -0.39 is 17.2 Å². The van der Waals surface area contributed by atoms with Gasteiger partial charge in [-0.1, -0.05) is 17.8 Å². The van der Waals surface area contributed by atoms with Crippen LogP contribution in [0.15, 0.2) is 40.3 Å². The molecule has 0 bridgehead atoms. The van der Waals surface area contributed by atoms with Gasteiger partial charge in [0.05, 0.1) is 7.11 Å². The molecule has 106 valence electrons. The third kappa shape index (κ3) is 3.77. The highest BCUT2D eigenvalue weighted by Gasteiger charge is 2.33. The molecule has 0 unspecified atom stereocenters. The Labute approximate surface area is 122 Å². The first kappa shape index (κ1) is 14.9. The Bertz CT molecular complexity index is 622. The van der Waals surface area contributed by atoms with Gasteiger partial charge in [-0.3, -0.25) is 0 Å². The van der Waals surface area contributed by atoms with Crippen molar-refractivity contribution in [3.8, 4) is 5.75 Å². The van der Waals surface area contributed by atoms with Crippen molar-refractivity contribution in [2.24, 2.45) is 0 Å². The fraction of sp³-hybridized carbons (Fsp3) is 0.167. The first-order valence-electron chi connectivity index (χ1n) is 5.32. The zero-order chi connectivity index (χ0) is 14.8. The van der Waals surface area contributed by atoms with Crippen molar-refractivity contribution >= 4 is 23.4 Å². The molecular formula is C12H8ClF3N2OS. The second-order valence-corrected chi connectivity index (χ2v) is 5.07. The Balaban J connectivity index is 2.31. The van der Waals surface area contributed by atoms with E-state index in [4.69, 9.17) is 16.3 Å². The van der Waals surface area contributed by atoms with Crippen LogP contribution in [0.3, 0.4) is 0 Å². The van der Waals surface area contributed by atoms with Gasteiger partial charge in [-0.05, 0) is 29.8 Å². The minimum Gasteiger partial charge on any atom is -0.497 e. The van der Waals surface area contributed by atoms with Crippen LogP contribution in [0.1, 0.15) is 5.69 Å². The van der Waals surface area contributed by atoms with E-state index in [1.807, 2.05) is 0 Å². The Morgan fingerprint density at radius 3 is 2.60 bits per heavy atom. The summed E-state index contributed by atoms with van der Waals surface area (Å²) in [6.07, 6.45) is -4.56. The summed E-state index contributed by atoms with van der Waals surface area (Å²) in [7, 11) is 1.51. The van der Waals surface area contributed by atoms with Crippen molar-refractivity contribution in [2.45, 2.75) is 16.1 Å². The quantitative estimate of drug-likeness (QED) is 0.623. The van der Waals surface area contributed by atoms with Gasteiger partial charge in [-0.2, -0.15) is 13.2 Å². The molecule has 1 aromatic heterocycles. The van der Waals surface area contributed by atoms with E-state index in [0.717, 1.165) is 17.8 Å². The Hall–Kier alpha value is -1.47. The first-order chi connectivity index (χ1) is 9.38. The minimum atomic E-state index is -4.56. The molecule has 0 fully saturated rings. The van der Waals surface area contributed by atoms with Crippen LogP contribution >= 0.6 is 23.4 Å². The summed E-state index contributed by atoms with van der Waals surface area (Å²) >= 11 is 6.57. The molecule has 0 aliphatic rings. The summed E-state index contributed by atoms with van der Waals surface area (Å²) in [5.74, 6) is 0.603. The molecule has 0 N–H and O–H groups in total. The van der Waals surface area contributed by atoms with E-state index in [2.05, 4.69) is 9.97 Å². The van der Waals surface area contributed by atoms with Gasteiger partial charge >= 0.3 is 6.18 Å². The topological polar surface area (TPSA) is 35.0 Å². The highest BCUT2D eigenvalue weighted by molar-refractivity contribution is 7.99. The van der Waals surface area contributed by atoms with Crippen molar-refractivity contribution in [2.75, 3.05) is 7.11 Å². The largest absolute Gasteiger partial charge is 0.497 e. The Morgan fingerprint density at radius 1 is 1.20 bits per heavy atom. The molecule has 0 aliphatic heterocycles. The molecule has 3 nitrogen and oxygen atoms in total. The van der Waals surface area contributed by atoms with E-state index in [0.29, 0.717) is 10.6 Å². The lowest BCUT2D eigenvalue weighted by molar-refractivity contribution is -0.141. The van der Waals surface area contributed by atoms with Gasteiger partial charge in [-0.25, -0.2) is 9.97 Å². The van der Waals surface area contributed by atoms with Crippen LogP contribution in [0.2, 0.25) is 5.28 Å². The van der Waals surface area contributed by atoms with E-state index >= 15 is 0 Å². The minimum absolute atomic E-state index is 0.116. The summed E-state index contributed by atoms with van der Waals surface area (Å²) in [6, 6.07) is 7.74. The first-order valence-corrected chi connectivity index (χ1v) is 6.51. The van der Waals surface area contributed by atoms with Crippen LogP contribution in [0, 0.1) is 0 Å². The van der Waals surface area contributed by atoms with Gasteiger partial charge in [0, 0.05) is 11.0 Å². The second kappa shape index (κ2) is 5.88. The van der Waals surface area contributed by atoms with Gasteiger partial charge in [0.2, 0.25) is 5.28 Å². The van der Waals surface area contributed by atoms with Crippen LogP contribution < -0.4 is 4.74 Å². The van der Waals surface area contributed by atoms with Crippen molar-refractivity contribution < 1.29 is 17.9 Å². The molecule has 0 radical (unpaired) electrons. The number of nitrogens with zero attached hydrogens (tertiary/aromatic N) is 2. The third-order valence-electron chi connectivity index (χ3n) is 2.23. The van der Waals surface area contributed by atoms with Crippen LogP contribution in [0.4, 0.5) is 13.2 Å². The van der Waals surface area contributed by atoms with Gasteiger partial charge in [0.15, 0.2) is 5.69 Å². The molecule has 2 rings (SSSR count). The third-order valence-corrected chi connectivity index (χ3v) is 3.31. The van der Waals surface area contributed by atoms with Crippen LogP contribution in [0.25, 0.3) is 0 Å².